The van der Waals surface area contributed by atoms with E-state index in [1.165, 1.54) is 17.1 Å². The number of hydrogen-bond donors (Lipinski definition) is 2. The van der Waals surface area contributed by atoms with Crippen molar-refractivity contribution in [1.29, 1.82) is 0 Å². The average Bonchev–Trinajstić information content (AvgIpc) is 3.07. The molecule has 26 heavy (non-hydrogen) atoms. The highest BCUT2D eigenvalue weighted by Crippen LogP contribution is 2.27. The molecule has 1 aliphatic carbocycles. The number of benzene rings is 1. The predicted octanol–water partition coefficient (Wildman–Crippen LogP) is 1.09. The van der Waals surface area contributed by atoms with Gasteiger partial charge in [0.15, 0.2) is 0 Å². The molecule has 0 saturated heterocycles. The van der Waals surface area contributed by atoms with Crippen LogP contribution in [0.25, 0.3) is 5.69 Å². The first kappa shape index (κ1) is 18.6. The van der Waals surface area contributed by atoms with Crippen molar-refractivity contribution in [2.45, 2.75) is 36.7 Å². The maximum absolute atomic E-state index is 12.5. The Balaban J connectivity index is 1.61. The molecule has 1 fully saturated rings. The maximum Gasteiger partial charge on any atom is 0.317 e. The predicted molar refractivity (Wildman–Crippen MR) is 95.6 cm³/mol. The summed E-state index contributed by atoms with van der Waals surface area (Å²) in [6.07, 6.45) is 4.02. The molecule has 1 aromatic heterocycles. The molecule has 0 amide bonds. The fourth-order valence-electron chi connectivity index (χ4n) is 3.11. The smallest absolute Gasteiger partial charge is 0.317 e. The minimum absolute atomic E-state index is 0.0233. The van der Waals surface area contributed by atoms with Crippen molar-refractivity contribution >= 4 is 16.0 Å². The summed E-state index contributed by atoms with van der Waals surface area (Å²) in [5.41, 5.74) is 0.782. The number of carbonyl (C=O) groups is 1. The van der Waals surface area contributed by atoms with Crippen LogP contribution in [0, 0.1) is 0 Å². The van der Waals surface area contributed by atoms with Crippen molar-refractivity contribution in [1.82, 2.24) is 19.4 Å². The molecule has 0 atom stereocenters. The lowest BCUT2D eigenvalue weighted by Gasteiger charge is -2.41. The normalized spacial score (nSPS) is 20.1. The van der Waals surface area contributed by atoms with Crippen LogP contribution < -0.4 is 4.72 Å². The van der Waals surface area contributed by atoms with Crippen LogP contribution in [0.15, 0.2) is 47.6 Å². The van der Waals surface area contributed by atoms with Crippen molar-refractivity contribution < 1.29 is 18.3 Å². The van der Waals surface area contributed by atoms with Crippen LogP contribution >= 0.6 is 0 Å². The topological polar surface area (TPSA) is 105 Å². The molecule has 1 heterocycles. The highest BCUT2D eigenvalue weighted by atomic mass is 32.2. The molecule has 2 N–H and O–H groups in total. The molecule has 0 unspecified atom stereocenters. The molecule has 0 radical (unpaired) electrons. The Labute approximate surface area is 152 Å². The number of aliphatic carboxylic acids is 1. The number of para-hydroxylation sites is 1. The van der Waals surface area contributed by atoms with Crippen LogP contribution in [0.1, 0.15) is 19.8 Å². The third kappa shape index (κ3) is 4.12. The van der Waals surface area contributed by atoms with Gasteiger partial charge in [0.25, 0.3) is 0 Å². The second-order valence-corrected chi connectivity index (χ2v) is 8.07. The number of carboxylic acids is 1. The lowest BCUT2D eigenvalue weighted by atomic mass is 9.86. The lowest BCUT2D eigenvalue weighted by Crippen LogP contribution is -2.54. The highest BCUT2D eigenvalue weighted by Gasteiger charge is 2.36. The second-order valence-electron chi connectivity index (χ2n) is 6.36. The summed E-state index contributed by atoms with van der Waals surface area (Å²) in [5, 5.41) is 13.0. The summed E-state index contributed by atoms with van der Waals surface area (Å²) < 4.78 is 29.3. The van der Waals surface area contributed by atoms with Crippen LogP contribution in [-0.4, -0.2) is 59.3 Å². The zero-order valence-electron chi connectivity index (χ0n) is 14.4. The van der Waals surface area contributed by atoms with Crippen LogP contribution in [0.2, 0.25) is 0 Å². The average molecular weight is 378 g/mol. The van der Waals surface area contributed by atoms with E-state index in [2.05, 4.69) is 9.82 Å². The summed E-state index contributed by atoms with van der Waals surface area (Å²) in [6.45, 7) is 2.50. The minimum Gasteiger partial charge on any atom is -0.480 e. The van der Waals surface area contributed by atoms with Gasteiger partial charge >= 0.3 is 5.97 Å². The number of sulfonamides is 1. The first-order chi connectivity index (χ1) is 12.4. The summed E-state index contributed by atoms with van der Waals surface area (Å²) in [5.74, 6) is -0.871. The first-order valence-corrected chi connectivity index (χ1v) is 9.95. The van der Waals surface area contributed by atoms with Crippen LogP contribution in [-0.2, 0) is 14.8 Å². The van der Waals surface area contributed by atoms with Gasteiger partial charge in [-0.05, 0) is 31.5 Å². The van der Waals surface area contributed by atoms with Gasteiger partial charge in [-0.15, -0.1) is 0 Å². The Hall–Kier alpha value is -2.23. The standard InChI is InChI=1S/C17H22N4O4S/c1-2-20(12-17(22)23)15-8-13(9-15)19-26(24,25)16-10-18-21(11-16)14-6-4-3-5-7-14/h3-7,10-11,13,15,19H,2,8-9,12H2,1H3,(H,22,23). The third-order valence-electron chi connectivity index (χ3n) is 4.59. The molecule has 9 heteroatoms. The molecular formula is C17H22N4O4S. The number of likely N-dealkylation sites (N-methyl/N-ethyl adjacent to an activating group) is 1. The molecule has 1 saturated carbocycles. The minimum atomic E-state index is -3.65. The molecule has 0 aliphatic heterocycles. The van der Waals surface area contributed by atoms with Gasteiger partial charge in [-0.2, -0.15) is 5.10 Å². The zero-order chi connectivity index (χ0) is 18.7. The molecule has 0 bridgehead atoms. The highest BCUT2D eigenvalue weighted by molar-refractivity contribution is 7.89. The summed E-state index contributed by atoms with van der Waals surface area (Å²) in [7, 11) is -3.65. The van der Waals surface area contributed by atoms with Gasteiger partial charge < -0.3 is 5.11 Å². The summed E-state index contributed by atoms with van der Waals surface area (Å²) >= 11 is 0. The SMILES string of the molecule is CCN(CC(=O)O)C1CC(NS(=O)(=O)c2cnn(-c3ccccc3)c2)C1. The largest absolute Gasteiger partial charge is 0.480 e. The van der Waals surface area contributed by atoms with Crippen molar-refractivity contribution in [3.05, 3.63) is 42.7 Å². The molecule has 0 spiro atoms. The monoisotopic (exact) mass is 378 g/mol. The number of rotatable bonds is 8. The Morgan fingerprint density at radius 3 is 2.65 bits per heavy atom. The van der Waals surface area contributed by atoms with E-state index in [9.17, 15) is 13.2 Å². The molecule has 1 aliphatic rings. The first-order valence-electron chi connectivity index (χ1n) is 8.47. The van der Waals surface area contributed by atoms with E-state index >= 15 is 0 Å². The number of nitrogens with one attached hydrogen (secondary N) is 1. The Morgan fingerprint density at radius 1 is 1.35 bits per heavy atom. The quantitative estimate of drug-likeness (QED) is 0.712. The summed E-state index contributed by atoms with van der Waals surface area (Å²) in [6, 6.07) is 9.18. The Morgan fingerprint density at radius 2 is 2.04 bits per heavy atom. The molecule has 140 valence electrons. The van der Waals surface area contributed by atoms with E-state index in [1.54, 1.807) is 0 Å². The van der Waals surface area contributed by atoms with E-state index in [4.69, 9.17) is 5.11 Å². The molecule has 2 aromatic rings. The van der Waals surface area contributed by atoms with E-state index < -0.39 is 16.0 Å². The summed E-state index contributed by atoms with van der Waals surface area (Å²) in [4.78, 5) is 12.8. The zero-order valence-corrected chi connectivity index (χ0v) is 15.3. The van der Waals surface area contributed by atoms with Gasteiger partial charge in [-0.3, -0.25) is 9.69 Å². The van der Waals surface area contributed by atoms with E-state index in [1.807, 2.05) is 42.2 Å². The van der Waals surface area contributed by atoms with Crippen LogP contribution in [0.4, 0.5) is 0 Å². The number of nitrogens with zero attached hydrogens (tertiary/aromatic N) is 3. The molecule has 3 rings (SSSR count). The lowest BCUT2D eigenvalue weighted by molar-refractivity contribution is -0.139. The van der Waals surface area contributed by atoms with Crippen molar-refractivity contribution in [2.24, 2.45) is 0 Å². The van der Waals surface area contributed by atoms with Gasteiger partial charge in [0.1, 0.15) is 4.90 Å². The van der Waals surface area contributed by atoms with Crippen molar-refractivity contribution in [2.75, 3.05) is 13.1 Å². The third-order valence-corrected chi connectivity index (χ3v) is 6.06. The number of carboxylic acid groups (broad SMARTS) is 1. The molecule has 1 aromatic carbocycles. The van der Waals surface area contributed by atoms with E-state index in [-0.39, 0.29) is 23.5 Å². The van der Waals surface area contributed by atoms with Crippen molar-refractivity contribution in [3.63, 3.8) is 0 Å². The Bertz CT molecular complexity index is 860. The van der Waals surface area contributed by atoms with Gasteiger partial charge in [-0.25, -0.2) is 17.8 Å². The number of hydrogen-bond acceptors (Lipinski definition) is 5. The molecule has 8 nitrogen and oxygen atoms in total. The fourth-order valence-corrected chi connectivity index (χ4v) is 4.30. The van der Waals surface area contributed by atoms with Crippen molar-refractivity contribution in [3.8, 4) is 5.69 Å². The van der Waals surface area contributed by atoms with Gasteiger partial charge in [0.2, 0.25) is 10.0 Å². The van der Waals surface area contributed by atoms with Crippen LogP contribution in [0.5, 0.6) is 0 Å². The van der Waals surface area contributed by atoms with Crippen LogP contribution in [0.3, 0.4) is 0 Å². The number of aromatic nitrogens is 2. The van der Waals surface area contributed by atoms with Gasteiger partial charge in [0, 0.05) is 12.1 Å². The maximum atomic E-state index is 12.5. The Kier molecular flexibility index (Phi) is 5.40. The van der Waals surface area contributed by atoms with E-state index in [0.29, 0.717) is 19.4 Å². The second kappa shape index (κ2) is 7.56. The van der Waals surface area contributed by atoms with Gasteiger partial charge in [-0.1, -0.05) is 25.1 Å². The van der Waals surface area contributed by atoms with E-state index in [0.717, 1.165) is 5.69 Å². The molecular weight excluding hydrogens is 356 g/mol. The van der Waals surface area contributed by atoms with Gasteiger partial charge in [0.05, 0.1) is 24.6 Å². The fraction of sp³-hybridized carbons (Fsp3) is 0.412.